The first-order chi connectivity index (χ1) is 9.74. The molecule has 0 saturated heterocycles. The summed E-state index contributed by atoms with van der Waals surface area (Å²) in [6.07, 6.45) is 4.46. The Kier molecular flexibility index (Phi) is 3.52. The molecule has 0 saturated carbocycles. The van der Waals surface area contributed by atoms with Gasteiger partial charge in [-0.15, -0.1) is 0 Å². The first kappa shape index (κ1) is 12.9. The summed E-state index contributed by atoms with van der Waals surface area (Å²) >= 11 is 0. The molecular formula is C15H18N4O. The third-order valence-electron chi connectivity index (χ3n) is 3.63. The maximum atomic E-state index is 12.3. The van der Waals surface area contributed by atoms with Crippen LogP contribution in [0.1, 0.15) is 40.3 Å². The monoisotopic (exact) mass is 270 g/mol. The minimum atomic E-state index is -0.133. The summed E-state index contributed by atoms with van der Waals surface area (Å²) in [6, 6.07) is 5.80. The fourth-order valence-electron chi connectivity index (χ4n) is 2.48. The van der Waals surface area contributed by atoms with Gasteiger partial charge in [0.05, 0.1) is 6.04 Å². The largest absolute Gasteiger partial charge is 0.347 e. The highest BCUT2D eigenvalue weighted by Crippen LogP contribution is 2.16. The number of carbonyl (C=O) groups is 1. The van der Waals surface area contributed by atoms with Gasteiger partial charge in [-0.3, -0.25) is 4.79 Å². The van der Waals surface area contributed by atoms with Crippen molar-refractivity contribution >= 4 is 5.91 Å². The van der Waals surface area contributed by atoms with Crippen molar-refractivity contribution in [2.24, 2.45) is 0 Å². The van der Waals surface area contributed by atoms with E-state index in [1.165, 1.54) is 11.1 Å². The zero-order chi connectivity index (χ0) is 13.9. The van der Waals surface area contributed by atoms with E-state index >= 15 is 0 Å². The molecule has 0 bridgehead atoms. The zero-order valence-corrected chi connectivity index (χ0v) is 11.4. The van der Waals surface area contributed by atoms with Gasteiger partial charge in [0.1, 0.15) is 5.82 Å². The summed E-state index contributed by atoms with van der Waals surface area (Å²) < 4.78 is 0. The van der Waals surface area contributed by atoms with Crippen LogP contribution in [0.3, 0.4) is 0 Å². The Morgan fingerprint density at radius 3 is 3.10 bits per heavy atom. The van der Waals surface area contributed by atoms with Gasteiger partial charge >= 0.3 is 0 Å². The normalized spacial score (nSPS) is 15.4. The van der Waals surface area contributed by atoms with E-state index in [2.05, 4.69) is 26.7 Å². The van der Waals surface area contributed by atoms with Crippen LogP contribution >= 0.6 is 0 Å². The second kappa shape index (κ2) is 5.46. The Hall–Kier alpha value is -2.14. The molecule has 1 aliphatic rings. The van der Waals surface area contributed by atoms with Gasteiger partial charge in [-0.1, -0.05) is 6.07 Å². The van der Waals surface area contributed by atoms with Gasteiger partial charge in [-0.25, -0.2) is 4.98 Å². The number of hydrogen-bond donors (Lipinski definition) is 3. The molecule has 0 aliphatic carbocycles. The van der Waals surface area contributed by atoms with E-state index in [4.69, 9.17) is 0 Å². The van der Waals surface area contributed by atoms with Crippen molar-refractivity contribution < 1.29 is 4.79 Å². The average molecular weight is 270 g/mol. The molecule has 1 aliphatic heterocycles. The van der Waals surface area contributed by atoms with Gasteiger partial charge in [0.2, 0.25) is 0 Å². The molecule has 104 valence electrons. The van der Waals surface area contributed by atoms with Crippen LogP contribution in [0.4, 0.5) is 0 Å². The summed E-state index contributed by atoms with van der Waals surface area (Å²) in [5.41, 5.74) is 3.25. The first-order valence-electron chi connectivity index (χ1n) is 6.86. The molecule has 5 heteroatoms. The smallest absolute Gasteiger partial charge is 0.251 e. The molecule has 0 fully saturated rings. The third-order valence-corrected chi connectivity index (χ3v) is 3.63. The van der Waals surface area contributed by atoms with Gasteiger partial charge < -0.3 is 15.6 Å². The van der Waals surface area contributed by atoms with Gasteiger partial charge in [0, 0.05) is 24.5 Å². The van der Waals surface area contributed by atoms with Gasteiger partial charge in [0.15, 0.2) is 0 Å². The van der Waals surface area contributed by atoms with Gasteiger partial charge in [-0.2, -0.15) is 0 Å². The molecule has 3 rings (SSSR count). The van der Waals surface area contributed by atoms with Crippen LogP contribution in [0.2, 0.25) is 0 Å². The minimum absolute atomic E-state index is 0.0673. The lowest BCUT2D eigenvalue weighted by Crippen LogP contribution is -2.28. The quantitative estimate of drug-likeness (QED) is 0.792. The number of H-pyrrole nitrogens is 1. The van der Waals surface area contributed by atoms with E-state index in [0.29, 0.717) is 5.56 Å². The lowest BCUT2D eigenvalue weighted by molar-refractivity contribution is 0.0938. The summed E-state index contributed by atoms with van der Waals surface area (Å²) in [5.74, 6) is 0.695. The average Bonchev–Trinajstić information content (AvgIpc) is 3.01. The van der Waals surface area contributed by atoms with Gasteiger partial charge in [0.25, 0.3) is 5.91 Å². The van der Waals surface area contributed by atoms with Crippen molar-refractivity contribution in [3.8, 4) is 0 Å². The fourth-order valence-corrected chi connectivity index (χ4v) is 2.48. The second-order valence-corrected chi connectivity index (χ2v) is 5.08. The van der Waals surface area contributed by atoms with Crippen LogP contribution in [-0.4, -0.2) is 22.4 Å². The highest BCUT2D eigenvalue weighted by Gasteiger charge is 2.15. The van der Waals surface area contributed by atoms with Crippen LogP contribution < -0.4 is 10.6 Å². The molecule has 5 nitrogen and oxygen atoms in total. The van der Waals surface area contributed by atoms with Gasteiger partial charge in [-0.05, 0) is 43.1 Å². The molecule has 1 aromatic heterocycles. The molecule has 3 N–H and O–H groups in total. The molecule has 1 amide bonds. The van der Waals surface area contributed by atoms with Crippen LogP contribution in [0.5, 0.6) is 0 Å². The Morgan fingerprint density at radius 1 is 1.40 bits per heavy atom. The molecule has 2 heterocycles. The molecule has 1 atom stereocenters. The number of amides is 1. The number of imidazole rings is 1. The van der Waals surface area contributed by atoms with Crippen molar-refractivity contribution in [1.82, 2.24) is 20.6 Å². The number of aromatic amines is 1. The van der Waals surface area contributed by atoms with E-state index in [-0.39, 0.29) is 11.9 Å². The Labute approximate surface area is 117 Å². The summed E-state index contributed by atoms with van der Waals surface area (Å²) in [5, 5.41) is 6.28. The number of rotatable bonds is 3. The Balaban J connectivity index is 1.74. The molecule has 2 aromatic rings. The highest BCUT2D eigenvalue weighted by atomic mass is 16.1. The number of benzene rings is 1. The highest BCUT2D eigenvalue weighted by molar-refractivity contribution is 5.94. The summed E-state index contributed by atoms with van der Waals surface area (Å²) in [6.45, 7) is 3.76. The number of aromatic nitrogens is 2. The number of fused-ring (bicyclic) bond motifs is 1. The molecule has 1 unspecified atom stereocenters. The predicted molar refractivity (Wildman–Crippen MR) is 76.3 cm³/mol. The number of carbonyl (C=O) groups excluding carboxylic acids is 1. The first-order valence-corrected chi connectivity index (χ1v) is 6.86. The minimum Gasteiger partial charge on any atom is -0.347 e. The van der Waals surface area contributed by atoms with Crippen molar-refractivity contribution in [2.45, 2.75) is 25.9 Å². The predicted octanol–water partition coefficient (Wildman–Crippen LogP) is 1.55. The lowest BCUT2D eigenvalue weighted by Gasteiger charge is -2.18. The SMILES string of the molecule is CC(NC(=O)c1ccc2c(c1)CNCC2)c1ncc[nH]1. The summed E-state index contributed by atoms with van der Waals surface area (Å²) in [4.78, 5) is 19.4. The Bertz CT molecular complexity index is 606. The molecule has 0 spiro atoms. The van der Waals surface area contributed by atoms with Crippen molar-refractivity contribution in [2.75, 3.05) is 6.54 Å². The number of hydrogen-bond acceptors (Lipinski definition) is 3. The number of nitrogens with zero attached hydrogens (tertiary/aromatic N) is 1. The molecule has 0 radical (unpaired) electrons. The van der Waals surface area contributed by atoms with Crippen LogP contribution in [-0.2, 0) is 13.0 Å². The van der Waals surface area contributed by atoms with E-state index < -0.39 is 0 Å². The van der Waals surface area contributed by atoms with E-state index in [9.17, 15) is 4.79 Å². The van der Waals surface area contributed by atoms with Crippen LogP contribution in [0.15, 0.2) is 30.6 Å². The van der Waals surface area contributed by atoms with E-state index in [1.54, 1.807) is 12.4 Å². The zero-order valence-electron chi connectivity index (χ0n) is 11.4. The summed E-state index contributed by atoms with van der Waals surface area (Å²) in [7, 11) is 0. The maximum Gasteiger partial charge on any atom is 0.251 e. The fraction of sp³-hybridized carbons (Fsp3) is 0.333. The molecular weight excluding hydrogens is 252 g/mol. The van der Waals surface area contributed by atoms with Crippen LogP contribution in [0.25, 0.3) is 0 Å². The van der Waals surface area contributed by atoms with Crippen molar-refractivity contribution in [3.05, 3.63) is 53.1 Å². The molecule has 20 heavy (non-hydrogen) atoms. The van der Waals surface area contributed by atoms with Crippen molar-refractivity contribution in [1.29, 1.82) is 0 Å². The topological polar surface area (TPSA) is 69.8 Å². The maximum absolute atomic E-state index is 12.3. The van der Waals surface area contributed by atoms with Crippen LogP contribution in [0, 0.1) is 0 Å². The Morgan fingerprint density at radius 2 is 2.30 bits per heavy atom. The second-order valence-electron chi connectivity index (χ2n) is 5.08. The number of nitrogens with one attached hydrogen (secondary N) is 3. The van der Waals surface area contributed by atoms with E-state index in [0.717, 1.165) is 25.3 Å². The molecule has 1 aromatic carbocycles. The third kappa shape index (κ3) is 2.58. The lowest BCUT2D eigenvalue weighted by atomic mass is 9.98. The van der Waals surface area contributed by atoms with E-state index in [1.807, 2.05) is 19.1 Å². The van der Waals surface area contributed by atoms with Crippen molar-refractivity contribution in [3.63, 3.8) is 0 Å². The standard InChI is InChI=1S/C15H18N4O/c1-10(14-17-6-7-18-14)19-15(20)12-3-2-11-4-5-16-9-13(11)8-12/h2-3,6-8,10,16H,4-5,9H2,1H3,(H,17,18)(H,19,20).